The van der Waals surface area contributed by atoms with Crippen LogP contribution in [0, 0.1) is 0 Å². The van der Waals surface area contributed by atoms with Crippen molar-refractivity contribution in [1.29, 1.82) is 0 Å². The Bertz CT molecular complexity index is 784. The lowest BCUT2D eigenvalue weighted by Crippen LogP contribution is -2.64. The second-order valence-electron chi connectivity index (χ2n) is 5.40. The Labute approximate surface area is 144 Å². The molecule has 26 heavy (non-hydrogen) atoms. The van der Waals surface area contributed by atoms with E-state index in [1.54, 1.807) is 4.72 Å². The maximum absolute atomic E-state index is 13.0. The summed E-state index contributed by atoms with van der Waals surface area (Å²) in [5.74, 6) is -1.77. The van der Waals surface area contributed by atoms with Crippen LogP contribution >= 0.6 is 0 Å². The van der Waals surface area contributed by atoms with Gasteiger partial charge in [-0.05, 0) is 12.1 Å². The molecule has 0 aliphatic carbocycles. The minimum atomic E-state index is -5.00. The minimum Gasteiger partial charge on any atom is -0.479 e. The van der Waals surface area contributed by atoms with Crippen molar-refractivity contribution in [1.82, 2.24) is 4.72 Å². The van der Waals surface area contributed by atoms with Gasteiger partial charge in [0.25, 0.3) is 0 Å². The molecule has 0 radical (unpaired) electrons. The van der Waals surface area contributed by atoms with E-state index in [4.69, 9.17) is 9.84 Å². The number of hydrogen-bond acceptors (Lipinski definition) is 7. The van der Waals surface area contributed by atoms with Crippen LogP contribution in [0.5, 0.6) is 0 Å². The topological polar surface area (TPSA) is 153 Å². The summed E-state index contributed by atoms with van der Waals surface area (Å²) in [6, 6.07) is 3.17. The number of aliphatic hydroxyl groups excluding tert-OH is 3. The molecule has 13 heteroatoms. The highest BCUT2D eigenvalue weighted by Gasteiger charge is 2.48. The molecule has 0 unspecified atom stereocenters. The summed E-state index contributed by atoms with van der Waals surface area (Å²) < 4.78 is 69.8. The first-order valence-electron chi connectivity index (χ1n) is 6.97. The monoisotopic (exact) mass is 401 g/mol. The molecule has 1 fully saturated rings. The average Bonchev–Trinajstić information content (AvgIpc) is 2.54. The maximum Gasteiger partial charge on any atom is 0.417 e. The van der Waals surface area contributed by atoms with E-state index in [1.165, 1.54) is 0 Å². The lowest BCUT2D eigenvalue weighted by molar-refractivity contribution is -0.229. The van der Waals surface area contributed by atoms with Gasteiger partial charge in [0, 0.05) is 0 Å². The molecule has 1 saturated heterocycles. The molecule has 5 atom stereocenters. The molecule has 9 nitrogen and oxygen atoms in total. The Morgan fingerprint density at radius 3 is 2.19 bits per heavy atom. The lowest BCUT2D eigenvalue weighted by Gasteiger charge is -2.38. The number of ether oxygens (including phenoxy) is 1. The van der Waals surface area contributed by atoms with Crippen molar-refractivity contribution in [2.45, 2.75) is 41.7 Å². The SMILES string of the molecule is O=C(O)[C@H]1O[C@@H](NS(=O)(=O)c2ccccc2C(F)(F)F)[C@H](O)[C@@H](O)[C@@H]1O. The Balaban J connectivity index is 2.36. The normalized spacial score (nSPS) is 30.2. The largest absolute Gasteiger partial charge is 0.479 e. The Morgan fingerprint density at radius 2 is 1.65 bits per heavy atom. The molecule has 0 spiro atoms. The number of alkyl halides is 3. The van der Waals surface area contributed by atoms with Gasteiger partial charge in [-0.1, -0.05) is 12.1 Å². The number of carboxylic acids is 1. The number of carbonyl (C=O) groups is 1. The molecule has 1 heterocycles. The van der Waals surface area contributed by atoms with Gasteiger partial charge in [-0.3, -0.25) is 0 Å². The molecule has 0 bridgehead atoms. The Morgan fingerprint density at radius 1 is 1.08 bits per heavy atom. The molecular formula is C13H14F3NO8S. The van der Waals surface area contributed by atoms with E-state index >= 15 is 0 Å². The van der Waals surface area contributed by atoms with Gasteiger partial charge in [-0.2, -0.15) is 17.9 Å². The van der Waals surface area contributed by atoms with Gasteiger partial charge in [0.1, 0.15) is 18.3 Å². The third-order valence-corrected chi connectivity index (χ3v) is 5.09. The summed E-state index contributed by atoms with van der Waals surface area (Å²) in [6.07, 6.45) is -15.6. The lowest BCUT2D eigenvalue weighted by atomic mass is 9.98. The molecule has 1 aromatic rings. The van der Waals surface area contributed by atoms with Crippen LogP contribution in [0.2, 0.25) is 0 Å². The van der Waals surface area contributed by atoms with Crippen LogP contribution < -0.4 is 4.72 Å². The highest BCUT2D eigenvalue weighted by Crippen LogP contribution is 2.34. The molecule has 0 aromatic heterocycles. The Kier molecular flexibility index (Phi) is 5.60. The van der Waals surface area contributed by atoms with Crippen LogP contribution in [0.25, 0.3) is 0 Å². The van der Waals surface area contributed by atoms with Gasteiger partial charge >= 0.3 is 12.1 Å². The number of rotatable bonds is 4. The number of aliphatic hydroxyl groups is 3. The number of sulfonamides is 1. The number of halogens is 3. The van der Waals surface area contributed by atoms with E-state index in [2.05, 4.69) is 0 Å². The maximum atomic E-state index is 13.0. The first kappa shape index (κ1) is 20.5. The second kappa shape index (κ2) is 7.09. The molecular weight excluding hydrogens is 387 g/mol. The van der Waals surface area contributed by atoms with Gasteiger partial charge in [0.2, 0.25) is 10.0 Å². The van der Waals surface area contributed by atoms with Crippen LogP contribution in [0.15, 0.2) is 29.2 Å². The van der Waals surface area contributed by atoms with Crippen LogP contribution in [0.4, 0.5) is 13.2 Å². The highest BCUT2D eigenvalue weighted by molar-refractivity contribution is 7.89. The van der Waals surface area contributed by atoms with Gasteiger partial charge in [0.15, 0.2) is 12.3 Å². The summed E-state index contributed by atoms with van der Waals surface area (Å²) in [5.41, 5.74) is -1.49. The van der Waals surface area contributed by atoms with E-state index in [0.717, 1.165) is 12.1 Å². The number of carboxylic acid groups (broad SMARTS) is 1. The van der Waals surface area contributed by atoms with E-state index in [-0.39, 0.29) is 0 Å². The van der Waals surface area contributed by atoms with Crippen molar-refractivity contribution in [2.24, 2.45) is 0 Å². The smallest absolute Gasteiger partial charge is 0.417 e. The highest BCUT2D eigenvalue weighted by atomic mass is 32.2. The van der Waals surface area contributed by atoms with Crippen LogP contribution in [-0.4, -0.2) is 65.5 Å². The fourth-order valence-electron chi connectivity index (χ4n) is 2.33. The van der Waals surface area contributed by atoms with Gasteiger partial charge in [-0.15, -0.1) is 0 Å². The van der Waals surface area contributed by atoms with Crippen molar-refractivity contribution in [2.75, 3.05) is 0 Å². The van der Waals surface area contributed by atoms with Crippen molar-refractivity contribution >= 4 is 16.0 Å². The zero-order valence-corrected chi connectivity index (χ0v) is 13.5. The predicted molar refractivity (Wildman–Crippen MR) is 76.1 cm³/mol. The molecule has 1 aliphatic heterocycles. The van der Waals surface area contributed by atoms with Crippen LogP contribution in [0.3, 0.4) is 0 Å². The van der Waals surface area contributed by atoms with Gasteiger partial charge in [0.05, 0.1) is 10.5 Å². The molecule has 0 amide bonds. The second-order valence-corrected chi connectivity index (χ2v) is 7.08. The molecule has 146 valence electrons. The van der Waals surface area contributed by atoms with Crippen molar-refractivity contribution in [3.8, 4) is 0 Å². The molecule has 2 rings (SSSR count). The molecule has 1 aliphatic rings. The van der Waals surface area contributed by atoms with E-state index in [9.17, 15) is 41.7 Å². The summed E-state index contributed by atoms with van der Waals surface area (Å²) in [7, 11) is -4.94. The first-order valence-corrected chi connectivity index (χ1v) is 8.45. The number of hydrogen-bond donors (Lipinski definition) is 5. The molecule has 1 aromatic carbocycles. The third-order valence-electron chi connectivity index (χ3n) is 3.61. The zero-order valence-electron chi connectivity index (χ0n) is 12.7. The fourth-order valence-corrected chi connectivity index (χ4v) is 3.69. The van der Waals surface area contributed by atoms with E-state index in [0.29, 0.717) is 12.1 Å². The van der Waals surface area contributed by atoms with Crippen molar-refractivity contribution in [3.05, 3.63) is 29.8 Å². The number of benzene rings is 1. The summed E-state index contributed by atoms with van der Waals surface area (Å²) >= 11 is 0. The van der Waals surface area contributed by atoms with Gasteiger partial charge in [-0.25, -0.2) is 13.2 Å². The summed E-state index contributed by atoms with van der Waals surface area (Å²) in [4.78, 5) is 9.80. The van der Waals surface area contributed by atoms with Crippen LogP contribution in [0.1, 0.15) is 5.56 Å². The van der Waals surface area contributed by atoms with Crippen molar-refractivity contribution in [3.63, 3.8) is 0 Å². The van der Waals surface area contributed by atoms with E-state index in [1.807, 2.05) is 0 Å². The van der Waals surface area contributed by atoms with Crippen molar-refractivity contribution < 1.29 is 51.5 Å². The minimum absolute atomic E-state index is 0.519. The quantitative estimate of drug-likeness (QED) is 0.425. The standard InChI is InChI=1S/C13H14F3NO8S/c14-13(15,16)5-3-1-2-4-6(5)26(23,24)17-11-9(20)7(18)8(19)10(25-11)12(21)22/h1-4,7-11,17-20H,(H,21,22)/t7-,8-,9+,10-,11+/m0/s1. The third kappa shape index (κ3) is 3.97. The zero-order chi connectivity index (χ0) is 19.9. The first-order chi connectivity index (χ1) is 11.9. The van der Waals surface area contributed by atoms with Gasteiger partial charge < -0.3 is 25.2 Å². The van der Waals surface area contributed by atoms with E-state index < -0.39 is 63.3 Å². The molecule has 5 N–H and O–H groups in total. The predicted octanol–water partition coefficient (Wildman–Crippen LogP) is -1.12. The number of nitrogens with one attached hydrogen (secondary N) is 1. The summed E-state index contributed by atoms with van der Waals surface area (Å²) in [5, 5.41) is 37.8. The number of aliphatic carboxylic acids is 1. The molecule has 0 saturated carbocycles. The van der Waals surface area contributed by atoms with Crippen LogP contribution in [-0.2, 0) is 25.7 Å². The Hall–Kier alpha value is -1.77. The fraction of sp³-hybridized carbons (Fsp3) is 0.462. The average molecular weight is 401 g/mol. The summed E-state index contributed by atoms with van der Waals surface area (Å²) in [6.45, 7) is 0.